The molecule has 22 heavy (non-hydrogen) atoms. The van der Waals surface area contributed by atoms with Crippen molar-refractivity contribution < 1.29 is 9.69 Å². The Hall–Kier alpha value is -1.61. The molecule has 0 spiro atoms. The molecule has 1 amide bonds. The minimum Gasteiger partial charge on any atom is -0.352 e. The second-order valence-electron chi connectivity index (χ2n) is 6.45. The van der Waals surface area contributed by atoms with Gasteiger partial charge in [0.15, 0.2) is 0 Å². The minimum atomic E-state index is 0.00296. The van der Waals surface area contributed by atoms with Crippen molar-refractivity contribution in [1.82, 2.24) is 5.32 Å². The average Bonchev–Trinajstić information content (AvgIpc) is 2.51. The SMILES string of the molecule is Cc1cccc(/C=C/C(=O)NCCC[NH+]2CCCC[C@@H]2C)c1. The number of hydrogen-bond acceptors (Lipinski definition) is 1. The Bertz CT molecular complexity index is 510. The number of rotatable bonds is 6. The van der Waals surface area contributed by atoms with E-state index in [2.05, 4.69) is 31.3 Å². The van der Waals surface area contributed by atoms with Gasteiger partial charge in [0.2, 0.25) is 5.91 Å². The average molecular weight is 301 g/mol. The maximum absolute atomic E-state index is 11.8. The Morgan fingerprint density at radius 3 is 3.05 bits per heavy atom. The van der Waals surface area contributed by atoms with Crippen LogP contribution in [0.4, 0.5) is 0 Å². The summed E-state index contributed by atoms with van der Waals surface area (Å²) >= 11 is 0. The zero-order valence-electron chi connectivity index (χ0n) is 13.9. The molecule has 0 aromatic heterocycles. The largest absolute Gasteiger partial charge is 0.352 e. The third-order valence-electron chi connectivity index (χ3n) is 4.53. The molecule has 2 rings (SSSR count). The number of aryl methyl sites for hydroxylation is 1. The predicted molar refractivity (Wildman–Crippen MR) is 91.8 cm³/mol. The summed E-state index contributed by atoms with van der Waals surface area (Å²) in [5, 5.41) is 2.98. The Morgan fingerprint density at radius 2 is 2.27 bits per heavy atom. The fraction of sp³-hybridized carbons (Fsp3) is 0.526. The topological polar surface area (TPSA) is 33.5 Å². The second-order valence-corrected chi connectivity index (χ2v) is 6.45. The van der Waals surface area contributed by atoms with Crippen LogP contribution in [0.1, 0.15) is 43.7 Å². The normalized spacial score (nSPS) is 21.9. The number of likely N-dealkylation sites (tertiary alicyclic amines) is 1. The molecule has 2 atom stereocenters. The molecule has 1 saturated heterocycles. The summed E-state index contributed by atoms with van der Waals surface area (Å²) in [5.74, 6) is 0.00296. The molecular formula is C19H29N2O+. The summed E-state index contributed by atoms with van der Waals surface area (Å²) in [5.41, 5.74) is 2.28. The quantitative estimate of drug-likeness (QED) is 0.611. The maximum atomic E-state index is 11.8. The van der Waals surface area contributed by atoms with Gasteiger partial charge in [-0.05, 0) is 44.7 Å². The van der Waals surface area contributed by atoms with E-state index in [-0.39, 0.29) is 5.91 Å². The molecule has 3 heteroatoms. The summed E-state index contributed by atoms with van der Waals surface area (Å²) in [6.07, 6.45) is 8.65. The predicted octanol–water partition coefficient (Wildman–Crippen LogP) is 1.97. The smallest absolute Gasteiger partial charge is 0.244 e. The fourth-order valence-electron chi connectivity index (χ4n) is 3.16. The summed E-state index contributed by atoms with van der Waals surface area (Å²) in [6.45, 7) is 7.64. The van der Waals surface area contributed by atoms with Crippen LogP contribution < -0.4 is 10.2 Å². The van der Waals surface area contributed by atoms with E-state index >= 15 is 0 Å². The van der Waals surface area contributed by atoms with Crippen LogP contribution in [0.15, 0.2) is 30.3 Å². The van der Waals surface area contributed by atoms with Crippen LogP contribution in [-0.2, 0) is 4.79 Å². The van der Waals surface area contributed by atoms with E-state index in [1.165, 1.54) is 37.9 Å². The van der Waals surface area contributed by atoms with Crippen LogP contribution in [-0.4, -0.2) is 31.6 Å². The molecule has 0 aliphatic carbocycles. The molecule has 1 aromatic rings. The van der Waals surface area contributed by atoms with Gasteiger partial charge in [0.05, 0.1) is 19.1 Å². The molecule has 0 saturated carbocycles. The number of hydrogen-bond donors (Lipinski definition) is 2. The number of carbonyl (C=O) groups is 1. The van der Waals surface area contributed by atoms with Gasteiger partial charge in [-0.15, -0.1) is 0 Å². The van der Waals surface area contributed by atoms with Gasteiger partial charge < -0.3 is 10.2 Å². The van der Waals surface area contributed by atoms with E-state index in [9.17, 15) is 4.79 Å². The van der Waals surface area contributed by atoms with Crippen LogP contribution in [0.5, 0.6) is 0 Å². The second kappa shape index (κ2) is 8.74. The van der Waals surface area contributed by atoms with Gasteiger partial charge in [-0.1, -0.05) is 29.8 Å². The lowest BCUT2D eigenvalue weighted by Crippen LogP contribution is -3.16. The van der Waals surface area contributed by atoms with Crippen molar-refractivity contribution in [3.05, 3.63) is 41.5 Å². The highest BCUT2D eigenvalue weighted by atomic mass is 16.1. The summed E-state index contributed by atoms with van der Waals surface area (Å²) in [6, 6.07) is 8.94. The van der Waals surface area contributed by atoms with E-state index in [1.807, 2.05) is 18.2 Å². The number of nitrogens with one attached hydrogen (secondary N) is 2. The first-order valence-corrected chi connectivity index (χ1v) is 8.52. The standard InChI is InChI=1S/C19H28N2O/c1-16-7-5-9-18(15-16)10-11-19(22)20-12-6-14-21-13-4-3-8-17(21)2/h5,7,9-11,15,17H,3-4,6,8,12-14H2,1-2H3,(H,20,22)/p+1/b11-10+/t17-/m0/s1. The zero-order chi connectivity index (χ0) is 15.8. The Kier molecular flexibility index (Phi) is 6.66. The van der Waals surface area contributed by atoms with Crippen molar-refractivity contribution in [2.45, 2.75) is 45.6 Å². The van der Waals surface area contributed by atoms with E-state index in [0.29, 0.717) is 0 Å². The highest BCUT2D eigenvalue weighted by Gasteiger charge is 2.20. The molecule has 1 aliphatic rings. The van der Waals surface area contributed by atoms with Crippen LogP contribution in [0.2, 0.25) is 0 Å². The molecule has 1 unspecified atom stereocenters. The highest BCUT2D eigenvalue weighted by molar-refractivity contribution is 5.91. The summed E-state index contributed by atoms with van der Waals surface area (Å²) in [7, 11) is 0. The van der Waals surface area contributed by atoms with Crippen LogP contribution in [0, 0.1) is 6.92 Å². The molecule has 0 radical (unpaired) electrons. The first kappa shape index (κ1) is 16.8. The molecule has 1 heterocycles. The van der Waals surface area contributed by atoms with Gasteiger partial charge >= 0.3 is 0 Å². The molecule has 0 bridgehead atoms. The molecule has 120 valence electrons. The van der Waals surface area contributed by atoms with Crippen molar-refractivity contribution in [1.29, 1.82) is 0 Å². The lowest BCUT2D eigenvalue weighted by molar-refractivity contribution is -0.928. The van der Waals surface area contributed by atoms with E-state index in [0.717, 1.165) is 24.6 Å². The molecule has 3 nitrogen and oxygen atoms in total. The van der Waals surface area contributed by atoms with Crippen molar-refractivity contribution in [2.24, 2.45) is 0 Å². The van der Waals surface area contributed by atoms with Gasteiger partial charge in [-0.25, -0.2) is 0 Å². The van der Waals surface area contributed by atoms with E-state index < -0.39 is 0 Å². The number of amides is 1. The van der Waals surface area contributed by atoms with Crippen LogP contribution in [0.3, 0.4) is 0 Å². The molecule has 2 N–H and O–H groups in total. The molecule has 1 fully saturated rings. The maximum Gasteiger partial charge on any atom is 0.244 e. The van der Waals surface area contributed by atoms with Gasteiger partial charge in [-0.3, -0.25) is 4.79 Å². The summed E-state index contributed by atoms with van der Waals surface area (Å²) < 4.78 is 0. The van der Waals surface area contributed by atoms with Crippen LogP contribution >= 0.6 is 0 Å². The van der Waals surface area contributed by atoms with Gasteiger partial charge in [0.1, 0.15) is 0 Å². The van der Waals surface area contributed by atoms with Gasteiger partial charge in [0, 0.05) is 19.0 Å². The zero-order valence-corrected chi connectivity index (χ0v) is 13.9. The molecular weight excluding hydrogens is 272 g/mol. The number of carbonyl (C=O) groups excluding carboxylic acids is 1. The lowest BCUT2D eigenvalue weighted by atomic mass is 10.0. The van der Waals surface area contributed by atoms with Gasteiger partial charge in [-0.2, -0.15) is 0 Å². The number of benzene rings is 1. The Balaban J connectivity index is 1.65. The third kappa shape index (κ3) is 5.64. The highest BCUT2D eigenvalue weighted by Crippen LogP contribution is 2.05. The first-order chi connectivity index (χ1) is 10.6. The van der Waals surface area contributed by atoms with Crippen molar-refractivity contribution in [3.63, 3.8) is 0 Å². The fourth-order valence-corrected chi connectivity index (χ4v) is 3.16. The number of piperidine rings is 1. The van der Waals surface area contributed by atoms with Crippen molar-refractivity contribution >= 4 is 12.0 Å². The van der Waals surface area contributed by atoms with Gasteiger partial charge in [0.25, 0.3) is 0 Å². The Labute approximate surface area is 134 Å². The molecule has 1 aromatic carbocycles. The van der Waals surface area contributed by atoms with E-state index in [4.69, 9.17) is 0 Å². The third-order valence-corrected chi connectivity index (χ3v) is 4.53. The van der Waals surface area contributed by atoms with Crippen molar-refractivity contribution in [3.8, 4) is 0 Å². The minimum absolute atomic E-state index is 0.00296. The monoisotopic (exact) mass is 301 g/mol. The Morgan fingerprint density at radius 1 is 1.41 bits per heavy atom. The van der Waals surface area contributed by atoms with E-state index in [1.54, 1.807) is 11.0 Å². The lowest BCUT2D eigenvalue weighted by Gasteiger charge is -2.30. The van der Waals surface area contributed by atoms with Crippen LogP contribution in [0.25, 0.3) is 6.08 Å². The first-order valence-electron chi connectivity index (χ1n) is 8.52. The summed E-state index contributed by atoms with van der Waals surface area (Å²) in [4.78, 5) is 13.5. The van der Waals surface area contributed by atoms with Crippen molar-refractivity contribution in [2.75, 3.05) is 19.6 Å². The number of quaternary nitrogens is 1. The molecule has 1 aliphatic heterocycles.